The van der Waals surface area contributed by atoms with Crippen molar-refractivity contribution in [1.82, 2.24) is 0 Å². The maximum absolute atomic E-state index is 8.66. The molecule has 110 valence electrons. The Kier molecular flexibility index (Phi) is 4.70. The second-order valence-corrected chi connectivity index (χ2v) is 5.24. The summed E-state index contributed by atoms with van der Waals surface area (Å²) in [4.78, 5) is 0. The lowest BCUT2D eigenvalue weighted by Gasteiger charge is -2.10. The molecule has 0 aliphatic heterocycles. The smallest absolute Gasteiger partial charge is 0.171 e. The summed E-state index contributed by atoms with van der Waals surface area (Å²) < 4.78 is 5.71. The van der Waals surface area contributed by atoms with E-state index in [4.69, 9.17) is 27.3 Å². The van der Waals surface area contributed by atoms with E-state index in [1.165, 1.54) is 11.1 Å². The molecule has 0 saturated heterocycles. The summed E-state index contributed by atoms with van der Waals surface area (Å²) >= 11 is 6.08. The van der Waals surface area contributed by atoms with Gasteiger partial charge in [-0.05, 0) is 48.7 Å². The number of nitrogens with zero attached hydrogens (tertiary/aromatic N) is 1. The van der Waals surface area contributed by atoms with Crippen molar-refractivity contribution < 1.29 is 9.94 Å². The third-order valence-electron chi connectivity index (χ3n) is 3.30. The summed E-state index contributed by atoms with van der Waals surface area (Å²) in [7, 11) is 0. The fraction of sp³-hybridized carbons (Fsp3) is 0.188. The van der Waals surface area contributed by atoms with Crippen molar-refractivity contribution in [2.45, 2.75) is 20.5 Å². The summed E-state index contributed by atoms with van der Waals surface area (Å²) in [6, 6.07) is 11.3. The summed E-state index contributed by atoms with van der Waals surface area (Å²) in [5, 5.41) is 12.0. The number of amidine groups is 1. The number of aryl methyl sites for hydroxylation is 2. The van der Waals surface area contributed by atoms with E-state index in [0.717, 1.165) is 5.56 Å². The Balaban J connectivity index is 2.10. The average molecular weight is 305 g/mol. The Labute approximate surface area is 128 Å². The van der Waals surface area contributed by atoms with Crippen LogP contribution >= 0.6 is 11.6 Å². The molecule has 3 N–H and O–H groups in total. The minimum atomic E-state index is -0.0271. The molecule has 0 aliphatic rings. The molecule has 2 aromatic rings. The number of hydrogen-bond donors (Lipinski definition) is 2. The fourth-order valence-electron chi connectivity index (χ4n) is 1.91. The Bertz CT molecular complexity index is 684. The molecule has 0 aliphatic carbocycles. The Hall–Kier alpha value is -2.20. The third-order valence-corrected chi connectivity index (χ3v) is 3.61. The molecule has 0 saturated carbocycles. The fourth-order valence-corrected chi connectivity index (χ4v) is 2.17. The van der Waals surface area contributed by atoms with Crippen LogP contribution in [0.1, 0.15) is 22.3 Å². The van der Waals surface area contributed by atoms with Crippen LogP contribution in [0.4, 0.5) is 0 Å². The van der Waals surface area contributed by atoms with Crippen LogP contribution in [0.2, 0.25) is 5.02 Å². The number of hydrogen-bond acceptors (Lipinski definition) is 3. The highest BCUT2D eigenvalue weighted by Crippen LogP contribution is 2.23. The normalized spacial score (nSPS) is 11.5. The van der Waals surface area contributed by atoms with Crippen LogP contribution < -0.4 is 10.5 Å². The highest BCUT2D eigenvalue weighted by Gasteiger charge is 2.07. The number of ether oxygens (including phenoxy) is 1. The molecule has 5 heteroatoms. The van der Waals surface area contributed by atoms with Gasteiger partial charge >= 0.3 is 0 Å². The van der Waals surface area contributed by atoms with Gasteiger partial charge in [0.25, 0.3) is 0 Å². The van der Waals surface area contributed by atoms with Crippen LogP contribution in [-0.2, 0) is 6.61 Å². The summed E-state index contributed by atoms with van der Waals surface area (Å²) in [5.41, 5.74) is 9.57. The molecule has 0 radical (unpaired) electrons. The van der Waals surface area contributed by atoms with Crippen molar-refractivity contribution in [1.29, 1.82) is 0 Å². The number of rotatable bonds is 4. The van der Waals surface area contributed by atoms with E-state index in [1.54, 1.807) is 18.2 Å². The molecule has 0 heterocycles. The molecule has 2 aromatic carbocycles. The van der Waals surface area contributed by atoms with E-state index in [2.05, 4.69) is 31.1 Å². The zero-order valence-electron chi connectivity index (χ0n) is 11.9. The van der Waals surface area contributed by atoms with Crippen LogP contribution in [0.5, 0.6) is 5.75 Å². The molecular weight excluding hydrogens is 288 g/mol. The van der Waals surface area contributed by atoms with Crippen molar-refractivity contribution in [3.63, 3.8) is 0 Å². The topological polar surface area (TPSA) is 67.8 Å². The van der Waals surface area contributed by atoms with Crippen molar-refractivity contribution in [3.8, 4) is 5.75 Å². The van der Waals surface area contributed by atoms with E-state index < -0.39 is 0 Å². The first kappa shape index (κ1) is 15.2. The number of benzene rings is 2. The molecule has 21 heavy (non-hydrogen) atoms. The van der Waals surface area contributed by atoms with Gasteiger partial charge in [-0.15, -0.1) is 0 Å². The molecule has 0 spiro atoms. The number of oxime groups is 1. The highest BCUT2D eigenvalue weighted by atomic mass is 35.5. The summed E-state index contributed by atoms with van der Waals surface area (Å²) in [6.07, 6.45) is 0. The van der Waals surface area contributed by atoms with E-state index in [-0.39, 0.29) is 5.84 Å². The van der Waals surface area contributed by atoms with Crippen LogP contribution in [0, 0.1) is 13.8 Å². The van der Waals surface area contributed by atoms with Gasteiger partial charge in [-0.3, -0.25) is 0 Å². The van der Waals surface area contributed by atoms with Gasteiger partial charge in [-0.1, -0.05) is 35.0 Å². The summed E-state index contributed by atoms with van der Waals surface area (Å²) in [6.45, 7) is 4.60. The van der Waals surface area contributed by atoms with Crippen molar-refractivity contribution >= 4 is 17.4 Å². The first-order valence-electron chi connectivity index (χ1n) is 6.47. The van der Waals surface area contributed by atoms with Crippen molar-refractivity contribution in [2.75, 3.05) is 0 Å². The lowest BCUT2D eigenvalue weighted by atomic mass is 10.1. The molecule has 0 amide bonds. The Morgan fingerprint density at radius 3 is 2.57 bits per heavy atom. The lowest BCUT2D eigenvalue weighted by Crippen LogP contribution is -2.13. The second-order valence-electron chi connectivity index (χ2n) is 4.83. The van der Waals surface area contributed by atoms with Gasteiger partial charge in [0.05, 0.1) is 5.02 Å². The Morgan fingerprint density at radius 2 is 1.95 bits per heavy atom. The molecule has 0 atom stereocenters. The van der Waals surface area contributed by atoms with Crippen LogP contribution in [0.25, 0.3) is 0 Å². The van der Waals surface area contributed by atoms with Gasteiger partial charge in [-0.2, -0.15) is 0 Å². The van der Waals surface area contributed by atoms with Gasteiger partial charge < -0.3 is 15.7 Å². The molecule has 4 nitrogen and oxygen atoms in total. The quantitative estimate of drug-likeness (QED) is 0.392. The van der Waals surface area contributed by atoms with Crippen molar-refractivity contribution in [3.05, 3.63) is 63.7 Å². The van der Waals surface area contributed by atoms with Gasteiger partial charge in [0.1, 0.15) is 12.4 Å². The molecular formula is C16H17ClN2O2. The maximum Gasteiger partial charge on any atom is 0.171 e. The first-order chi connectivity index (χ1) is 10.0. The zero-order valence-corrected chi connectivity index (χ0v) is 12.7. The monoisotopic (exact) mass is 304 g/mol. The molecule has 0 bridgehead atoms. The van der Waals surface area contributed by atoms with Gasteiger partial charge in [0.15, 0.2) is 5.84 Å². The second kappa shape index (κ2) is 6.50. The first-order valence-corrected chi connectivity index (χ1v) is 6.85. The van der Waals surface area contributed by atoms with Crippen LogP contribution in [0.15, 0.2) is 41.6 Å². The van der Waals surface area contributed by atoms with E-state index in [0.29, 0.717) is 22.9 Å². The Morgan fingerprint density at radius 1 is 1.19 bits per heavy atom. The maximum atomic E-state index is 8.66. The lowest BCUT2D eigenvalue weighted by molar-refractivity contribution is 0.306. The third kappa shape index (κ3) is 3.67. The SMILES string of the molecule is Cc1ccc(COc2ccc(/C(N)=N/O)c(Cl)c2)cc1C. The van der Waals surface area contributed by atoms with Crippen LogP contribution in [-0.4, -0.2) is 11.0 Å². The number of halogens is 1. The van der Waals surface area contributed by atoms with E-state index >= 15 is 0 Å². The minimum Gasteiger partial charge on any atom is -0.489 e. The molecule has 2 rings (SSSR count). The standard InChI is InChI=1S/C16H17ClN2O2/c1-10-3-4-12(7-11(10)2)9-21-13-5-6-14(15(17)8-13)16(18)19-20/h3-8,20H,9H2,1-2H3,(H2,18,19). The molecule has 0 unspecified atom stereocenters. The predicted octanol–water partition coefficient (Wildman–Crippen LogP) is 3.63. The predicted molar refractivity (Wildman–Crippen MR) is 84.2 cm³/mol. The van der Waals surface area contributed by atoms with E-state index in [9.17, 15) is 0 Å². The largest absolute Gasteiger partial charge is 0.489 e. The van der Waals surface area contributed by atoms with Gasteiger partial charge in [-0.25, -0.2) is 0 Å². The molecule has 0 fully saturated rings. The molecule has 0 aromatic heterocycles. The van der Waals surface area contributed by atoms with Crippen molar-refractivity contribution in [2.24, 2.45) is 10.9 Å². The number of nitrogens with two attached hydrogens (primary N) is 1. The zero-order chi connectivity index (χ0) is 15.4. The van der Waals surface area contributed by atoms with E-state index in [1.807, 2.05) is 6.07 Å². The average Bonchev–Trinajstić information content (AvgIpc) is 2.48. The summed E-state index contributed by atoms with van der Waals surface area (Å²) in [5.74, 6) is 0.605. The highest BCUT2D eigenvalue weighted by molar-refractivity contribution is 6.34. The van der Waals surface area contributed by atoms with Gasteiger partial charge in [0.2, 0.25) is 0 Å². The van der Waals surface area contributed by atoms with Gasteiger partial charge in [0, 0.05) is 5.56 Å². The van der Waals surface area contributed by atoms with Crippen LogP contribution in [0.3, 0.4) is 0 Å². The minimum absolute atomic E-state index is 0.0271.